The zero-order valence-electron chi connectivity index (χ0n) is 18.2. The molecule has 3 N–H and O–H groups in total. The van der Waals surface area contributed by atoms with Crippen LogP contribution in [0.4, 0.5) is 14.7 Å². The van der Waals surface area contributed by atoms with Gasteiger partial charge in [-0.2, -0.15) is 10.1 Å². The quantitative estimate of drug-likeness (QED) is 0.415. The highest BCUT2D eigenvalue weighted by Gasteiger charge is 2.46. The van der Waals surface area contributed by atoms with Crippen molar-refractivity contribution in [2.24, 2.45) is 0 Å². The number of anilines is 1. The van der Waals surface area contributed by atoms with Gasteiger partial charge in [-0.3, -0.25) is 4.79 Å². The van der Waals surface area contributed by atoms with Crippen molar-refractivity contribution in [3.05, 3.63) is 42.5 Å². The summed E-state index contributed by atoms with van der Waals surface area (Å²) in [5.41, 5.74) is 3.39. The highest BCUT2D eigenvalue weighted by molar-refractivity contribution is 6.02. The topological polar surface area (TPSA) is 109 Å². The van der Waals surface area contributed by atoms with E-state index in [0.717, 1.165) is 42.6 Å². The van der Waals surface area contributed by atoms with Gasteiger partial charge < -0.3 is 20.4 Å². The van der Waals surface area contributed by atoms with E-state index in [9.17, 15) is 13.6 Å². The summed E-state index contributed by atoms with van der Waals surface area (Å²) in [6.07, 6.45) is 8.03. The number of hydrogen-bond acceptors (Lipinski definition) is 6. The number of halogens is 2. The molecular formula is C23H23F2N7O2. The van der Waals surface area contributed by atoms with Crippen LogP contribution in [0.2, 0.25) is 0 Å². The first-order valence-corrected chi connectivity index (χ1v) is 11.3. The van der Waals surface area contributed by atoms with E-state index >= 15 is 0 Å². The monoisotopic (exact) mass is 467 g/mol. The Labute approximate surface area is 192 Å². The van der Waals surface area contributed by atoms with Gasteiger partial charge in [0, 0.05) is 67.7 Å². The fourth-order valence-corrected chi connectivity index (χ4v) is 4.59. The third-order valence-corrected chi connectivity index (χ3v) is 6.49. The Bertz CT molecular complexity index is 1370. The van der Waals surface area contributed by atoms with Crippen LogP contribution in [0.1, 0.15) is 36.0 Å². The van der Waals surface area contributed by atoms with E-state index in [2.05, 4.69) is 30.7 Å². The molecule has 6 rings (SSSR count). The molecule has 1 aliphatic heterocycles. The molecule has 4 aromatic heterocycles. The number of fused-ring (bicyclic) bond motifs is 2. The predicted octanol–water partition coefficient (Wildman–Crippen LogP) is 3.39. The molecule has 0 spiro atoms. The first-order chi connectivity index (χ1) is 16.4. The summed E-state index contributed by atoms with van der Waals surface area (Å²) in [6.45, 7) is 1.47. The van der Waals surface area contributed by atoms with Gasteiger partial charge in [0.05, 0.1) is 17.3 Å². The highest BCUT2D eigenvalue weighted by atomic mass is 19.3. The summed E-state index contributed by atoms with van der Waals surface area (Å²) in [7, 11) is 0. The number of nitrogens with zero attached hydrogens (tertiary/aromatic N) is 4. The maximum atomic E-state index is 13.1. The molecule has 4 aromatic rings. The number of carbonyl (C=O) groups is 1. The summed E-state index contributed by atoms with van der Waals surface area (Å²) >= 11 is 0. The largest absolute Gasteiger partial charge is 0.381 e. The Morgan fingerprint density at radius 3 is 2.82 bits per heavy atom. The minimum absolute atomic E-state index is 0.292. The number of pyridine rings is 1. The first-order valence-electron chi connectivity index (χ1n) is 11.3. The summed E-state index contributed by atoms with van der Waals surface area (Å²) in [5, 5.41) is 11.1. The van der Waals surface area contributed by atoms with Gasteiger partial charge in [-0.05, 0) is 30.5 Å². The molecule has 0 bridgehead atoms. The van der Waals surface area contributed by atoms with E-state index in [0.29, 0.717) is 28.7 Å². The molecular weight excluding hydrogens is 444 g/mol. The maximum Gasteiger partial charge on any atom is 0.255 e. The number of nitrogens with one attached hydrogen (secondary N) is 3. The van der Waals surface area contributed by atoms with Crippen LogP contribution in [0.5, 0.6) is 0 Å². The van der Waals surface area contributed by atoms with Crippen molar-refractivity contribution in [2.75, 3.05) is 18.5 Å². The molecule has 176 valence electrons. The van der Waals surface area contributed by atoms with E-state index in [-0.39, 0.29) is 12.8 Å². The fourth-order valence-electron chi connectivity index (χ4n) is 4.59. The van der Waals surface area contributed by atoms with E-state index < -0.39 is 17.9 Å². The highest BCUT2D eigenvalue weighted by Crippen LogP contribution is 2.37. The Hall–Kier alpha value is -3.60. The molecule has 0 aromatic carbocycles. The van der Waals surface area contributed by atoms with Gasteiger partial charge in [-0.25, -0.2) is 18.3 Å². The lowest BCUT2D eigenvalue weighted by Gasteiger charge is -2.35. The van der Waals surface area contributed by atoms with Crippen molar-refractivity contribution >= 4 is 28.4 Å². The number of aromatic nitrogens is 5. The molecule has 1 amide bonds. The van der Waals surface area contributed by atoms with Crippen LogP contribution in [0.15, 0.2) is 36.9 Å². The number of aromatic amines is 1. The molecule has 0 radical (unpaired) electrons. The van der Waals surface area contributed by atoms with Crippen molar-refractivity contribution in [3.63, 3.8) is 0 Å². The molecule has 2 aliphatic rings. The van der Waals surface area contributed by atoms with Crippen LogP contribution in [0.25, 0.3) is 27.7 Å². The third-order valence-electron chi connectivity index (χ3n) is 6.49. The molecule has 34 heavy (non-hydrogen) atoms. The number of amides is 1. The SMILES string of the molecule is O=C(NC1CC(F)(F)C1)c1cnn2ccc(-c3c[nH]c4nc(NC5CCOCC5)ncc34)cc12. The van der Waals surface area contributed by atoms with Crippen molar-refractivity contribution in [1.82, 2.24) is 29.9 Å². The number of rotatable bonds is 5. The zero-order chi connectivity index (χ0) is 23.3. The smallest absolute Gasteiger partial charge is 0.255 e. The van der Waals surface area contributed by atoms with Crippen LogP contribution in [0.3, 0.4) is 0 Å². The van der Waals surface area contributed by atoms with Gasteiger partial charge >= 0.3 is 0 Å². The molecule has 9 nitrogen and oxygen atoms in total. The maximum absolute atomic E-state index is 13.1. The number of alkyl halides is 2. The minimum Gasteiger partial charge on any atom is -0.381 e. The Balaban J connectivity index is 1.26. The second kappa shape index (κ2) is 8.01. The molecule has 11 heteroatoms. The van der Waals surface area contributed by atoms with E-state index in [4.69, 9.17) is 4.74 Å². The fraction of sp³-hybridized carbons (Fsp3) is 0.391. The van der Waals surface area contributed by atoms with Crippen LogP contribution in [0, 0.1) is 0 Å². The Morgan fingerprint density at radius 2 is 2.03 bits per heavy atom. The van der Waals surface area contributed by atoms with Gasteiger partial charge in [-0.1, -0.05) is 0 Å². The lowest BCUT2D eigenvalue weighted by atomic mass is 9.88. The van der Waals surface area contributed by atoms with Gasteiger partial charge in [0.15, 0.2) is 0 Å². The molecule has 0 unspecified atom stereocenters. The molecule has 1 saturated carbocycles. The summed E-state index contributed by atoms with van der Waals surface area (Å²) in [5.74, 6) is -2.53. The van der Waals surface area contributed by atoms with Crippen molar-refractivity contribution < 1.29 is 18.3 Å². The van der Waals surface area contributed by atoms with Gasteiger partial charge in [0.2, 0.25) is 5.95 Å². The summed E-state index contributed by atoms with van der Waals surface area (Å²) in [4.78, 5) is 25.0. The molecule has 1 aliphatic carbocycles. The Morgan fingerprint density at radius 1 is 1.21 bits per heavy atom. The molecule has 2 fully saturated rings. The van der Waals surface area contributed by atoms with Crippen LogP contribution in [-0.4, -0.2) is 61.7 Å². The van der Waals surface area contributed by atoms with Crippen molar-refractivity contribution in [2.45, 2.75) is 43.7 Å². The molecule has 1 saturated heterocycles. The number of hydrogen-bond donors (Lipinski definition) is 3. The average molecular weight is 467 g/mol. The predicted molar refractivity (Wildman–Crippen MR) is 121 cm³/mol. The van der Waals surface area contributed by atoms with Crippen LogP contribution in [-0.2, 0) is 4.74 Å². The van der Waals surface area contributed by atoms with E-state index in [1.54, 1.807) is 16.9 Å². The van der Waals surface area contributed by atoms with E-state index in [1.165, 1.54) is 6.20 Å². The van der Waals surface area contributed by atoms with Crippen LogP contribution < -0.4 is 10.6 Å². The summed E-state index contributed by atoms with van der Waals surface area (Å²) in [6, 6.07) is 3.52. The zero-order valence-corrected chi connectivity index (χ0v) is 18.2. The van der Waals surface area contributed by atoms with Crippen LogP contribution >= 0.6 is 0 Å². The third kappa shape index (κ3) is 3.85. The van der Waals surface area contributed by atoms with Crippen molar-refractivity contribution in [1.29, 1.82) is 0 Å². The van der Waals surface area contributed by atoms with Gasteiger partial charge in [0.25, 0.3) is 11.8 Å². The van der Waals surface area contributed by atoms with E-state index in [1.807, 2.05) is 18.3 Å². The molecule has 0 atom stereocenters. The lowest BCUT2D eigenvalue weighted by molar-refractivity contribution is -0.0901. The normalized spacial score (nSPS) is 18.8. The minimum atomic E-state index is -2.69. The average Bonchev–Trinajstić information content (AvgIpc) is 3.42. The Kier molecular flexibility index (Phi) is 4.94. The second-order valence-corrected chi connectivity index (χ2v) is 8.93. The molecule has 5 heterocycles. The number of ether oxygens (including phenoxy) is 1. The first kappa shape index (κ1) is 21.0. The standard InChI is InChI=1S/C23H23F2N7O2/c24-23(25)8-15(9-23)29-21(33)18-12-28-32-4-1-13(7-19(18)32)16-10-26-20-17(16)11-27-22(31-20)30-14-2-5-34-6-3-14/h1,4,7,10-12,14-15H,2-3,5-6,8-9H2,(H,29,33)(H2,26,27,30,31). The summed E-state index contributed by atoms with van der Waals surface area (Å²) < 4.78 is 33.2. The second-order valence-electron chi connectivity index (χ2n) is 8.93. The van der Waals surface area contributed by atoms with Crippen molar-refractivity contribution in [3.8, 4) is 11.1 Å². The number of H-pyrrole nitrogens is 1. The van der Waals surface area contributed by atoms with Gasteiger partial charge in [-0.15, -0.1) is 0 Å². The number of carbonyl (C=O) groups excluding carboxylic acids is 1. The van der Waals surface area contributed by atoms with Gasteiger partial charge in [0.1, 0.15) is 5.65 Å². The lowest BCUT2D eigenvalue weighted by Crippen LogP contribution is -2.50.